The van der Waals surface area contributed by atoms with Gasteiger partial charge in [-0.25, -0.2) is 4.79 Å². The maximum absolute atomic E-state index is 12.4. The van der Waals surface area contributed by atoms with Gasteiger partial charge in [0.05, 0.1) is 12.1 Å². The van der Waals surface area contributed by atoms with Crippen molar-refractivity contribution in [3.8, 4) is 5.75 Å². The van der Waals surface area contributed by atoms with Crippen LogP contribution >= 0.6 is 0 Å². The Labute approximate surface area is 115 Å². The lowest BCUT2D eigenvalue weighted by Crippen LogP contribution is -2.30. The number of rotatable bonds is 2. The highest BCUT2D eigenvalue weighted by Gasteiger charge is 2.25. The molecule has 0 bridgehead atoms. The van der Waals surface area contributed by atoms with E-state index in [0.717, 1.165) is 23.9 Å². The van der Waals surface area contributed by atoms with Gasteiger partial charge >= 0.3 is 5.97 Å². The van der Waals surface area contributed by atoms with Crippen molar-refractivity contribution in [2.24, 2.45) is 0 Å². The topological polar surface area (TPSA) is 68.5 Å². The first-order chi connectivity index (χ1) is 9.65. The van der Waals surface area contributed by atoms with E-state index in [1.54, 1.807) is 17.6 Å². The second kappa shape index (κ2) is 4.67. The second-order valence-corrected chi connectivity index (χ2v) is 4.82. The Morgan fingerprint density at radius 3 is 3.00 bits per heavy atom. The number of pyridine rings is 1. The molecule has 0 amide bonds. The van der Waals surface area contributed by atoms with Gasteiger partial charge in [-0.3, -0.25) is 4.79 Å². The van der Waals surface area contributed by atoms with Crippen LogP contribution in [-0.2, 0) is 17.7 Å². The lowest BCUT2D eigenvalue weighted by Gasteiger charge is -2.21. The van der Waals surface area contributed by atoms with Crippen LogP contribution in [0.1, 0.15) is 29.3 Å². The molecule has 104 valence electrons. The summed E-state index contributed by atoms with van der Waals surface area (Å²) >= 11 is 0. The molecule has 5 heteroatoms. The number of ether oxygens (including phenoxy) is 1. The highest BCUT2D eigenvalue weighted by Crippen LogP contribution is 2.31. The Balaban J connectivity index is 2.40. The van der Waals surface area contributed by atoms with E-state index in [0.29, 0.717) is 11.9 Å². The van der Waals surface area contributed by atoms with Gasteiger partial charge in [-0.15, -0.1) is 0 Å². The van der Waals surface area contributed by atoms with Crippen LogP contribution in [0, 0.1) is 0 Å². The molecule has 0 unspecified atom stereocenters. The summed E-state index contributed by atoms with van der Waals surface area (Å²) < 4.78 is 6.44. The molecule has 1 aromatic carbocycles. The third kappa shape index (κ3) is 1.70. The molecule has 0 saturated heterocycles. The molecule has 3 rings (SSSR count). The summed E-state index contributed by atoms with van der Waals surface area (Å²) in [4.78, 5) is 24.3. The van der Waals surface area contributed by atoms with E-state index in [2.05, 4.69) is 0 Å². The third-order valence-electron chi connectivity index (χ3n) is 3.65. The first-order valence-electron chi connectivity index (χ1n) is 6.69. The number of benzene rings is 1. The molecule has 1 N–H and O–H groups in total. The minimum atomic E-state index is -0.767. The maximum atomic E-state index is 12.4. The van der Waals surface area contributed by atoms with Crippen LogP contribution in [0.4, 0.5) is 0 Å². The van der Waals surface area contributed by atoms with E-state index in [1.165, 1.54) is 0 Å². The number of hydrogen-bond donors (Lipinski definition) is 1. The fourth-order valence-corrected chi connectivity index (χ4v) is 2.80. The van der Waals surface area contributed by atoms with Crippen molar-refractivity contribution in [2.75, 3.05) is 6.61 Å². The average Bonchev–Trinajstić information content (AvgIpc) is 2.45. The Morgan fingerprint density at radius 1 is 1.45 bits per heavy atom. The molecular weight excluding hydrogens is 258 g/mol. The summed E-state index contributed by atoms with van der Waals surface area (Å²) in [6.45, 7) is 2.38. The largest absolute Gasteiger partial charge is 0.506 e. The molecule has 0 aliphatic carbocycles. The molecule has 0 spiro atoms. The van der Waals surface area contributed by atoms with Gasteiger partial charge in [0.1, 0.15) is 5.75 Å². The lowest BCUT2D eigenvalue weighted by molar-refractivity contribution is 0.0520. The normalized spacial score (nSPS) is 13.4. The fraction of sp³-hybridized carbons (Fsp3) is 0.333. The number of hydrogen-bond acceptors (Lipinski definition) is 4. The number of para-hydroxylation sites is 1. The van der Waals surface area contributed by atoms with Gasteiger partial charge < -0.3 is 14.4 Å². The first-order valence-corrected chi connectivity index (χ1v) is 6.69. The summed E-state index contributed by atoms with van der Waals surface area (Å²) in [6, 6.07) is 5.49. The van der Waals surface area contributed by atoms with Crippen molar-refractivity contribution in [1.29, 1.82) is 0 Å². The van der Waals surface area contributed by atoms with Crippen molar-refractivity contribution < 1.29 is 14.6 Å². The number of esters is 1. The van der Waals surface area contributed by atoms with Crippen molar-refractivity contribution in [1.82, 2.24) is 4.57 Å². The van der Waals surface area contributed by atoms with Gasteiger partial charge in [-0.05, 0) is 31.4 Å². The fourth-order valence-electron chi connectivity index (χ4n) is 2.80. The highest BCUT2D eigenvalue weighted by molar-refractivity contribution is 6.00. The van der Waals surface area contributed by atoms with Crippen molar-refractivity contribution in [3.63, 3.8) is 0 Å². The summed E-state index contributed by atoms with van der Waals surface area (Å²) in [5, 5.41) is 10.8. The molecule has 1 aromatic heterocycles. The molecule has 0 radical (unpaired) electrons. The zero-order chi connectivity index (χ0) is 14.3. The Bertz CT molecular complexity index is 761. The highest BCUT2D eigenvalue weighted by atomic mass is 16.5. The molecular formula is C15H15NO4. The predicted octanol–water partition coefficient (Wildman–Crippen LogP) is 1.83. The number of aryl methyl sites for hydroxylation is 2. The number of carbonyl (C=O) groups excluding carboxylic acids is 1. The summed E-state index contributed by atoms with van der Waals surface area (Å²) in [6.07, 6.45) is 1.72. The lowest BCUT2D eigenvalue weighted by atomic mass is 9.99. The van der Waals surface area contributed by atoms with E-state index < -0.39 is 11.5 Å². The molecule has 2 heterocycles. The monoisotopic (exact) mass is 273 g/mol. The minimum Gasteiger partial charge on any atom is -0.506 e. The standard InChI is InChI=1S/C15H15NO4/c1-2-20-15(19)11-13(17)10-7-3-5-9-6-4-8-16(12(9)10)14(11)18/h3,5,7,17H,2,4,6,8H2,1H3. The van der Waals surface area contributed by atoms with Gasteiger partial charge in [0.2, 0.25) is 0 Å². The quantitative estimate of drug-likeness (QED) is 0.848. The predicted molar refractivity (Wildman–Crippen MR) is 74.2 cm³/mol. The zero-order valence-electron chi connectivity index (χ0n) is 11.2. The molecule has 0 saturated carbocycles. The van der Waals surface area contributed by atoms with E-state index in [-0.39, 0.29) is 17.9 Å². The number of aromatic nitrogens is 1. The van der Waals surface area contributed by atoms with Crippen LogP contribution in [0.3, 0.4) is 0 Å². The molecule has 1 aliphatic heterocycles. The molecule has 2 aromatic rings. The van der Waals surface area contributed by atoms with Gasteiger partial charge in [0.15, 0.2) is 5.56 Å². The van der Waals surface area contributed by atoms with Gasteiger partial charge in [0.25, 0.3) is 5.56 Å². The zero-order valence-corrected chi connectivity index (χ0v) is 11.2. The van der Waals surface area contributed by atoms with Crippen LogP contribution in [-0.4, -0.2) is 22.2 Å². The van der Waals surface area contributed by atoms with Crippen molar-refractivity contribution >= 4 is 16.9 Å². The van der Waals surface area contributed by atoms with E-state index in [4.69, 9.17) is 4.74 Å². The van der Waals surface area contributed by atoms with E-state index >= 15 is 0 Å². The summed E-state index contributed by atoms with van der Waals surface area (Å²) in [7, 11) is 0. The minimum absolute atomic E-state index is 0.162. The first kappa shape index (κ1) is 12.7. The number of nitrogens with zero attached hydrogens (tertiary/aromatic N) is 1. The van der Waals surface area contributed by atoms with E-state index in [9.17, 15) is 14.7 Å². The van der Waals surface area contributed by atoms with Crippen LogP contribution in [0.15, 0.2) is 23.0 Å². The summed E-state index contributed by atoms with van der Waals surface area (Å²) in [5.41, 5.74) is 1.02. The smallest absolute Gasteiger partial charge is 0.347 e. The molecule has 5 nitrogen and oxygen atoms in total. The number of aromatic hydroxyl groups is 1. The van der Waals surface area contributed by atoms with Gasteiger partial charge in [0, 0.05) is 11.9 Å². The molecule has 20 heavy (non-hydrogen) atoms. The SMILES string of the molecule is CCOC(=O)c1c(O)c2cccc3c2n(c1=O)CCC3. The second-order valence-electron chi connectivity index (χ2n) is 4.82. The van der Waals surface area contributed by atoms with Crippen LogP contribution in [0.5, 0.6) is 5.75 Å². The van der Waals surface area contributed by atoms with Crippen LogP contribution in [0.25, 0.3) is 10.9 Å². The van der Waals surface area contributed by atoms with E-state index in [1.807, 2.05) is 12.1 Å². The average molecular weight is 273 g/mol. The van der Waals surface area contributed by atoms with Crippen molar-refractivity contribution in [3.05, 3.63) is 39.7 Å². The third-order valence-corrected chi connectivity index (χ3v) is 3.65. The Kier molecular flexibility index (Phi) is 2.97. The molecule has 1 aliphatic rings. The molecule has 0 atom stereocenters. The number of carbonyl (C=O) groups is 1. The summed E-state index contributed by atoms with van der Waals surface area (Å²) in [5.74, 6) is -1.04. The van der Waals surface area contributed by atoms with Crippen LogP contribution < -0.4 is 5.56 Å². The van der Waals surface area contributed by atoms with Gasteiger partial charge in [-0.1, -0.05) is 12.1 Å². The van der Waals surface area contributed by atoms with Crippen LogP contribution in [0.2, 0.25) is 0 Å². The Hall–Kier alpha value is -2.30. The van der Waals surface area contributed by atoms with Crippen molar-refractivity contribution in [2.45, 2.75) is 26.3 Å². The maximum Gasteiger partial charge on any atom is 0.347 e. The van der Waals surface area contributed by atoms with Gasteiger partial charge in [-0.2, -0.15) is 0 Å². The molecule has 0 fully saturated rings. The Morgan fingerprint density at radius 2 is 2.25 bits per heavy atom.